The van der Waals surface area contributed by atoms with Crippen LogP contribution in [0, 0.1) is 0 Å². The highest BCUT2D eigenvalue weighted by Crippen LogP contribution is 2.34. The lowest BCUT2D eigenvalue weighted by Crippen LogP contribution is -2.30. The average Bonchev–Trinajstić information content (AvgIpc) is 2.59. The number of anilines is 1. The van der Waals surface area contributed by atoms with E-state index in [4.69, 9.17) is 4.74 Å². The summed E-state index contributed by atoms with van der Waals surface area (Å²) in [5.74, 6) is 0.115. The number of alkyl halides is 3. The van der Waals surface area contributed by atoms with Crippen molar-refractivity contribution >= 4 is 11.6 Å². The van der Waals surface area contributed by atoms with Crippen LogP contribution in [-0.4, -0.2) is 19.6 Å². The number of hydrogen-bond acceptors (Lipinski definition) is 3. The van der Waals surface area contributed by atoms with E-state index < -0.39 is 17.6 Å². The van der Waals surface area contributed by atoms with Crippen molar-refractivity contribution in [3.8, 4) is 5.75 Å². The molecular weight excluding hydrogens is 333 g/mol. The predicted molar refractivity (Wildman–Crippen MR) is 89.5 cm³/mol. The van der Waals surface area contributed by atoms with Crippen LogP contribution in [0.3, 0.4) is 0 Å². The van der Waals surface area contributed by atoms with Gasteiger partial charge in [0.2, 0.25) is 5.91 Å². The first kappa shape index (κ1) is 18.8. The molecule has 2 aromatic rings. The van der Waals surface area contributed by atoms with E-state index in [-0.39, 0.29) is 18.3 Å². The van der Waals surface area contributed by atoms with Crippen LogP contribution < -0.4 is 15.4 Å². The Morgan fingerprint density at radius 2 is 1.76 bits per heavy atom. The third-order valence-electron chi connectivity index (χ3n) is 3.68. The van der Waals surface area contributed by atoms with Gasteiger partial charge in [-0.1, -0.05) is 30.3 Å². The molecule has 1 atom stereocenters. The maximum atomic E-state index is 12.9. The van der Waals surface area contributed by atoms with Gasteiger partial charge in [0.05, 0.1) is 24.9 Å². The standard InChI is InChI=1S/C18H19F3N2O2/c1-12(13-7-3-6-10-16(13)25-2)22-11-17(24)23-15-9-5-4-8-14(15)18(19,20)21/h3-10,12,22H,11H2,1-2H3,(H,23,24)/t12-/m0/s1. The van der Waals surface area contributed by atoms with Gasteiger partial charge in [-0.15, -0.1) is 0 Å². The maximum absolute atomic E-state index is 12.9. The summed E-state index contributed by atoms with van der Waals surface area (Å²) in [7, 11) is 1.55. The van der Waals surface area contributed by atoms with Gasteiger partial charge in [0, 0.05) is 11.6 Å². The number of nitrogens with one attached hydrogen (secondary N) is 2. The summed E-state index contributed by atoms with van der Waals surface area (Å²) in [6.07, 6.45) is -4.53. The van der Waals surface area contributed by atoms with E-state index in [0.717, 1.165) is 11.6 Å². The number of hydrogen-bond donors (Lipinski definition) is 2. The molecule has 0 aliphatic rings. The van der Waals surface area contributed by atoms with Gasteiger partial charge in [-0.25, -0.2) is 0 Å². The molecule has 0 aromatic heterocycles. The summed E-state index contributed by atoms with van der Waals surface area (Å²) in [6.45, 7) is 1.71. The van der Waals surface area contributed by atoms with Crippen molar-refractivity contribution in [1.82, 2.24) is 5.32 Å². The van der Waals surface area contributed by atoms with E-state index in [1.54, 1.807) is 13.2 Å². The Labute approximate surface area is 144 Å². The molecule has 0 heterocycles. The highest BCUT2D eigenvalue weighted by atomic mass is 19.4. The van der Waals surface area contributed by atoms with Crippen LogP contribution in [0.4, 0.5) is 18.9 Å². The van der Waals surface area contributed by atoms with Crippen molar-refractivity contribution in [3.63, 3.8) is 0 Å². The molecule has 7 heteroatoms. The van der Waals surface area contributed by atoms with Gasteiger partial charge in [-0.3, -0.25) is 4.79 Å². The summed E-state index contributed by atoms with van der Waals surface area (Å²) in [5.41, 5.74) is -0.277. The molecule has 0 bridgehead atoms. The molecule has 0 spiro atoms. The first-order valence-corrected chi connectivity index (χ1v) is 7.65. The lowest BCUT2D eigenvalue weighted by atomic mass is 10.1. The number of ether oxygens (including phenoxy) is 1. The monoisotopic (exact) mass is 352 g/mol. The van der Waals surface area contributed by atoms with Gasteiger partial charge >= 0.3 is 6.18 Å². The van der Waals surface area contributed by atoms with Crippen molar-refractivity contribution in [2.75, 3.05) is 19.0 Å². The Morgan fingerprint density at radius 3 is 2.44 bits per heavy atom. The Hall–Kier alpha value is -2.54. The number of amides is 1. The number of halogens is 3. The van der Waals surface area contributed by atoms with Crippen molar-refractivity contribution < 1.29 is 22.7 Å². The summed E-state index contributed by atoms with van der Waals surface area (Å²) in [5, 5.41) is 5.28. The lowest BCUT2D eigenvalue weighted by molar-refractivity contribution is -0.137. The second-order valence-corrected chi connectivity index (χ2v) is 5.44. The Bertz CT molecular complexity index is 732. The normalized spacial score (nSPS) is 12.5. The van der Waals surface area contributed by atoms with Gasteiger partial charge in [0.25, 0.3) is 0 Å². The molecule has 0 aliphatic carbocycles. The average molecular weight is 352 g/mol. The lowest BCUT2D eigenvalue weighted by Gasteiger charge is -2.18. The van der Waals surface area contributed by atoms with E-state index in [0.29, 0.717) is 5.75 Å². The second kappa shape index (κ2) is 8.02. The minimum Gasteiger partial charge on any atom is -0.496 e. The van der Waals surface area contributed by atoms with E-state index in [9.17, 15) is 18.0 Å². The molecule has 0 radical (unpaired) electrons. The van der Waals surface area contributed by atoms with Gasteiger partial charge < -0.3 is 15.4 Å². The topological polar surface area (TPSA) is 50.4 Å². The predicted octanol–water partition coefficient (Wildman–Crippen LogP) is 4.00. The highest BCUT2D eigenvalue weighted by Gasteiger charge is 2.33. The van der Waals surface area contributed by atoms with Crippen molar-refractivity contribution in [3.05, 3.63) is 59.7 Å². The summed E-state index contributed by atoms with van der Waals surface area (Å²) < 4.78 is 44.1. The largest absolute Gasteiger partial charge is 0.496 e. The van der Waals surface area contributed by atoms with Crippen LogP contribution >= 0.6 is 0 Å². The summed E-state index contributed by atoms with van der Waals surface area (Å²) in [4.78, 5) is 12.0. The Balaban J connectivity index is 2.00. The fourth-order valence-electron chi connectivity index (χ4n) is 2.41. The summed E-state index contributed by atoms with van der Waals surface area (Å²) in [6, 6.07) is 12.0. The maximum Gasteiger partial charge on any atom is 0.418 e. The molecule has 134 valence electrons. The molecule has 25 heavy (non-hydrogen) atoms. The molecule has 0 saturated heterocycles. The fourth-order valence-corrected chi connectivity index (χ4v) is 2.41. The van der Waals surface area contributed by atoms with E-state index in [1.807, 2.05) is 25.1 Å². The molecule has 0 aliphatic heterocycles. The third-order valence-corrected chi connectivity index (χ3v) is 3.68. The summed E-state index contributed by atoms with van der Waals surface area (Å²) >= 11 is 0. The molecule has 2 aromatic carbocycles. The fraction of sp³-hybridized carbons (Fsp3) is 0.278. The van der Waals surface area contributed by atoms with Gasteiger partial charge in [-0.05, 0) is 25.1 Å². The number of carbonyl (C=O) groups is 1. The third kappa shape index (κ3) is 4.96. The number of rotatable bonds is 6. The second-order valence-electron chi connectivity index (χ2n) is 5.44. The van der Waals surface area contributed by atoms with E-state index in [2.05, 4.69) is 10.6 Å². The van der Waals surface area contributed by atoms with Crippen molar-refractivity contribution in [2.45, 2.75) is 19.1 Å². The number of benzene rings is 2. The van der Waals surface area contributed by atoms with Crippen LogP contribution in [-0.2, 0) is 11.0 Å². The quantitative estimate of drug-likeness (QED) is 0.826. The van der Waals surface area contributed by atoms with Crippen LogP contribution in [0.15, 0.2) is 48.5 Å². The molecule has 0 saturated carbocycles. The van der Waals surface area contributed by atoms with Crippen LogP contribution in [0.5, 0.6) is 5.75 Å². The molecule has 0 fully saturated rings. The van der Waals surface area contributed by atoms with Gasteiger partial charge in [-0.2, -0.15) is 13.2 Å². The molecular formula is C18H19F3N2O2. The van der Waals surface area contributed by atoms with Crippen LogP contribution in [0.25, 0.3) is 0 Å². The molecule has 4 nitrogen and oxygen atoms in total. The van der Waals surface area contributed by atoms with Gasteiger partial charge in [0.1, 0.15) is 5.75 Å². The van der Waals surface area contributed by atoms with Crippen LogP contribution in [0.2, 0.25) is 0 Å². The first-order chi connectivity index (χ1) is 11.8. The minimum atomic E-state index is -4.53. The molecule has 2 rings (SSSR count). The number of carbonyl (C=O) groups excluding carboxylic acids is 1. The zero-order valence-electron chi connectivity index (χ0n) is 13.9. The highest BCUT2D eigenvalue weighted by molar-refractivity contribution is 5.93. The van der Waals surface area contributed by atoms with E-state index in [1.165, 1.54) is 18.2 Å². The zero-order valence-corrected chi connectivity index (χ0v) is 13.9. The van der Waals surface area contributed by atoms with Crippen molar-refractivity contribution in [1.29, 1.82) is 0 Å². The first-order valence-electron chi connectivity index (χ1n) is 7.65. The number of methoxy groups -OCH3 is 1. The molecule has 2 N–H and O–H groups in total. The van der Waals surface area contributed by atoms with Gasteiger partial charge in [0.15, 0.2) is 0 Å². The smallest absolute Gasteiger partial charge is 0.418 e. The SMILES string of the molecule is COc1ccccc1[C@H](C)NCC(=O)Nc1ccccc1C(F)(F)F. The van der Waals surface area contributed by atoms with E-state index >= 15 is 0 Å². The van der Waals surface area contributed by atoms with Crippen LogP contribution in [0.1, 0.15) is 24.1 Å². The van der Waals surface area contributed by atoms with Crippen molar-refractivity contribution in [2.24, 2.45) is 0 Å². The molecule has 0 unspecified atom stereocenters. The Kier molecular flexibility index (Phi) is 6.03. The minimum absolute atomic E-state index is 0.134. The number of para-hydroxylation sites is 2. The zero-order chi connectivity index (χ0) is 18.4. The molecule has 1 amide bonds. The Morgan fingerprint density at radius 1 is 1.12 bits per heavy atom.